The van der Waals surface area contributed by atoms with Crippen LogP contribution in [0.25, 0.3) is 0 Å². The Hall–Kier alpha value is -2.38. The third-order valence-electron chi connectivity index (χ3n) is 3.50. The fourth-order valence-electron chi connectivity index (χ4n) is 2.15. The summed E-state index contributed by atoms with van der Waals surface area (Å²) in [5, 5.41) is 10.8. The first-order valence-electron chi connectivity index (χ1n) is 6.52. The number of alkyl halides is 2. The van der Waals surface area contributed by atoms with E-state index in [0.29, 0.717) is 5.56 Å². The van der Waals surface area contributed by atoms with Gasteiger partial charge in [-0.25, -0.2) is 8.78 Å². The van der Waals surface area contributed by atoms with Gasteiger partial charge in [0.1, 0.15) is 0 Å². The Labute approximate surface area is 124 Å². The zero-order valence-corrected chi connectivity index (χ0v) is 11.7. The number of Topliss-reactive ketones (excluding diaryl/α,β-unsaturated/α-hetero) is 1. The van der Waals surface area contributed by atoms with Crippen molar-refractivity contribution in [3.8, 4) is 0 Å². The minimum absolute atomic E-state index is 0.0315. The van der Waals surface area contributed by atoms with E-state index < -0.39 is 48.0 Å². The molecule has 0 N–H and O–H groups in total. The summed E-state index contributed by atoms with van der Waals surface area (Å²) in [6.07, 6.45) is -1.15. The Bertz CT molecular complexity index is 636. The van der Waals surface area contributed by atoms with E-state index in [-0.39, 0.29) is 11.3 Å². The first-order valence-corrected chi connectivity index (χ1v) is 6.52. The zero-order valence-electron chi connectivity index (χ0n) is 11.7. The summed E-state index contributed by atoms with van der Waals surface area (Å²) in [6.45, 7) is 0.907. The van der Waals surface area contributed by atoms with Crippen molar-refractivity contribution in [2.75, 3.05) is 6.61 Å². The third kappa shape index (κ3) is 3.44. The summed E-state index contributed by atoms with van der Waals surface area (Å²) in [6, 6.07) is 3.90. The minimum atomic E-state index is -2.84. The lowest BCUT2D eigenvalue weighted by molar-refractivity contribution is -0.385. The summed E-state index contributed by atoms with van der Waals surface area (Å²) in [7, 11) is 0. The number of halogens is 2. The number of esters is 1. The van der Waals surface area contributed by atoms with Crippen LogP contribution in [0.3, 0.4) is 0 Å². The maximum atomic E-state index is 12.6. The van der Waals surface area contributed by atoms with Crippen LogP contribution in [0.1, 0.15) is 28.8 Å². The van der Waals surface area contributed by atoms with Crippen LogP contribution in [-0.2, 0) is 9.53 Å². The van der Waals surface area contributed by atoms with Gasteiger partial charge in [0, 0.05) is 30.0 Å². The first-order chi connectivity index (χ1) is 10.2. The second-order valence-corrected chi connectivity index (χ2v) is 5.25. The van der Waals surface area contributed by atoms with Gasteiger partial charge in [-0.2, -0.15) is 0 Å². The van der Waals surface area contributed by atoms with Crippen LogP contribution in [0.5, 0.6) is 0 Å². The molecule has 1 aliphatic carbocycles. The van der Waals surface area contributed by atoms with Crippen LogP contribution in [0, 0.1) is 23.0 Å². The zero-order chi connectivity index (χ0) is 16.5. The number of hydrogen-bond acceptors (Lipinski definition) is 5. The number of carbonyl (C=O) groups excluding carboxylic acids is 2. The van der Waals surface area contributed by atoms with Gasteiger partial charge in [0.15, 0.2) is 6.61 Å². The fraction of sp³-hybridized carbons (Fsp3) is 0.429. The number of benzene rings is 1. The van der Waals surface area contributed by atoms with Crippen molar-refractivity contribution in [1.82, 2.24) is 0 Å². The van der Waals surface area contributed by atoms with Gasteiger partial charge in [0.05, 0.1) is 10.8 Å². The van der Waals surface area contributed by atoms with Crippen LogP contribution in [-0.4, -0.2) is 29.2 Å². The summed E-state index contributed by atoms with van der Waals surface area (Å²) in [5.74, 6) is -5.20. The second-order valence-electron chi connectivity index (χ2n) is 5.25. The van der Waals surface area contributed by atoms with E-state index in [1.807, 2.05) is 0 Å². The van der Waals surface area contributed by atoms with Gasteiger partial charge in [-0.15, -0.1) is 0 Å². The molecule has 0 bridgehead atoms. The monoisotopic (exact) mass is 313 g/mol. The number of ether oxygens (including phenoxy) is 1. The third-order valence-corrected chi connectivity index (χ3v) is 3.50. The van der Waals surface area contributed by atoms with Crippen molar-refractivity contribution in [3.05, 3.63) is 39.4 Å². The number of carbonyl (C=O) groups is 2. The summed E-state index contributed by atoms with van der Waals surface area (Å²) in [5.41, 5.74) is 0.218. The smallest absolute Gasteiger partial charge is 0.309 e. The molecule has 0 heterocycles. The lowest BCUT2D eigenvalue weighted by Gasteiger charge is -2.32. The molecule has 2 rings (SSSR count). The van der Waals surface area contributed by atoms with Crippen molar-refractivity contribution >= 4 is 17.4 Å². The van der Waals surface area contributed by atoms with Gasteiger partial charge < -0.3 is 4.74 Å². The molecule has 1 aromatic rings. The van der Waals surface area contributed by atoms with E-state index in [0.717, 1.165) is 6.07 Å². The topological polar surface area (TPSA) is 86.5 Å². The quantitative estimate of drug-likeness (QED) is 0.361. The average Bonchev–Trinajstić information content (AvgIpc) is 2.41. The molecule has 22 heavy (non-hydrogen) atoms. The molecule has 0 amide bonds. The second kappa shape index (κ2) is 5.78. The molecule has 1 fully saturated rings. The molecule has 0 spiro atoms. The molecule has 0 unspecified atom stereocenters. The molecule has 118 valence electrons. The van der Waals surface area contributed by atoms with Gasteiger partial charge in [-0.05, 0) is 6.92 Å². The van der Waals surface area contributed by atoms with Gasteiger partial charge in [-0.3, -0.25) is 19.7 Å². The van der Waals surface area contributed by atoms with Crippen molar-refractivity contribution in [3.63, 3.8) is 0 Å². The van der Waals surface area contributed by atoms with E-state index in [2.05, 4.69) is 0 Å². The summed E-state index contributed by atoms with van der Waals surface area (Å²) in [4.78, 5) is 33.5. The molecule has 0 aliphatic heterocycles. The normalized spacial score (nSPS) is 16.7. The Balaban J connectivity index is 1.94. The Morgan fingerprint density at radius 3 is 2.59 bits per heavy atom. The highest BCUT2D eigenvalue weighted by atomic mass is 19.3. The van der Waals surface area contributed by atoms with E-state index in [1.54, 1.807) is 0 Å². The SMILES string of the molecule is Cc1ccc(C(=O)COC(=O)C2CC(F)(F)C2)cc1[N+](=O)[O-]. The number of rotatable bonds is 5. The molecule has 0 atom stereocenters. The standard InChI is InChI=1S/C14H13F2NO5/c1-8-2-3-9(4-11(8)17(20)21)12(18)7-22-13(19)10-5-14(15,16)6-10/h2-4,10H,5-7H2,1H3. The maximum Gasteiger partial charge on any atom is 0.309 e. The van der Waals surface area contributed by atoms with Gasteiger partial charge in [0.25, 0.3) is 5.69 Å². The van der Waals surface area contributed by atoms with Crippen LogP contribution in [0.2, 0.25) is 0 Å². The van der Waals surface area contributed by atoms with E-state index >= 15 is 0 Å². The van der Waals surface area contributed by atoms with Crippen molar-refractivity contribution < 1.29 is 28.0 Å². The molecular formula is C14H13F2NO5. The lowest BCUT2D eigenvalue weighted by Crippen LogP contribution is -2.41. The van der Waals surface area contributed by atoms with Crippen molar-refractivity contribution in [2.24, 2.45) is 5.92 Å². The summed E-state index contributed by atoms with van der Waals surface area (Å²) < 4.78 is 30.0. The van der Waals surface area contributed by atoms with Crippen LogP contribution in [0.4, 0.5) is 14.5 Å². The van der Waals surface area contributed by atoms with E-state index in [1.165, 1.54) is 19.1 Å². The fourth-order valence-corrected chi connectivity index (χ4v) is 2.15. The number of nitro benzene ring substituents is 1. The van der Waals surface area contributed by atoms with E-state index in [4.69, 9.17) is 4.74 Å². The first kappa shape index (κ1) is 16.0. The average molecular weight is 313 g/mol. The Morgan fingerprint density at radius 2 is 2.05 bits per heavy atom. The predicted molar refractivity (Wildman–Crippen MR) is 70.8 cm³/mol. The molecular weight excluding hydrogens is 300 g/mol. The maximum absolute atomic E-state index is 12.6. The predicted octanol–water partition coefficient (Wildman–Crippen LogP) is 2.67. The molecule has 1 aliphatic rings. The minimum Gasteiger partial charge on any atom is -0.457 e. The molecule has 1 aromatic carbocycles. The highest BCUT2D eigenvalue weighted by molar-refractivity contribution is 5.98. The van der Waals surface area contributed by atoms with Crippen molar-refractivity contribution in [2.45, 2.75) is 25.7 Å². The van der Waals surface area contributed by atoms with Crippen LogP contribution >= 0.6 is 0 Å². The molecule has 0 saturated heterocycles. The number of ketones is 1. The molecule has 8 heteroatoms. The highest BCUT2D eigenvalue weighted by Gasteiger charge is 2.49. The number of nitro groups is 1. The summed E-state index contributed by atoms with van der Waals surface area (Å²) >= 11 is 0. The Morgan fingerprint density at radius 1 is 1.41 bits per heavy atom. The number of nitrogens with zero attached hydrogens (tertiary/aromatic N) is 1. The van der Waals surface area contributed by atoms with Crippen LogP contribution < -0.4 is 0 Å². The Kier molecular flexibility index (Phi) is 4.20. The number of aryl methyl sites for hydroxylation is 1. The molecule has 0 aromatic heterocycles. The number of hydrogen-bond donors (Lipinski definition) is 0. The van der Waals surface area contributed by atoms with Crippen molar-refractivity contribution in [1.29, 1.82) is 0 Å². The molecule has 6 nitrogen and oxygen atoms in total. The lowest BCUT2D eigenvalue weighted by atomic mass is 9.81. The van der Waals surface area contributed by atoms with Gasteiger partial charge >= 0.3 is 5.97 Å². The molecule has 1 saturated carbocycles. The molecule has 0 radical (unpaired) electrons. The van der Waals surface area contributed by atoms with Crippen LogP contribution in [0.15, 0.2) is 18.2 Å². The van der Waals surface area contributed by atoms with Gasteiger partial charge in [0.2, 0.25) is 11.7 Å². The van der Waals surface area contributed by atoms with Gasteiger partial charge in [-0.1, -0.05) is 12.1 Å². The largest absolute Gasteiger partial charge is 0.457 e. The van der Waals surface area contributed by atoms with E-state index in [9.17, 15) is 28.5 Å². The highest BCUT2D eigenvalue weighted by Crippen LogP contribution is 2.42.